The number of nitrogens with zero attached hydrogens (tertiary/aromatic N) is 2. The van der Waals surface area contributed by atoms with Crippen molar-refractivity contribution < 1.29 is 19.1 Å². The average Bonchev–Trinajstić information content (AvgIpc) is 2.74. The zero-order valence-electron chi connectivity index (χ0n) is 16.2. The van der Waals surface area contributed by atoms with E-state index in [0.717, 1.165) is 0 Å². The molecule has 0 radical (unpaired) electrons. The van der Waals surface area contributed by atoms with Crippen LogP contribution < -0.4 is 16.2 Å². The minimum atomic E-state index is -1.18. The molecule has 0 saturated carbocycles. The first-order valence-electron chi connectivity index (χ1n) is 9.24. The van der Waals surface area contributed by atoms with Crippen LogP contribution in [0.2, 0.25) is 0 Å². The topological polar surface area (TPSA) is 119 Å². The van der Waals surface area contributed by atoms with Crippen LogP contribution >= 0.6 is 0 Å². The molecule has 3 amide bonds. The number of hydrogen-bond donors (Lipinski definition) is 2. The van der Waals surface area contributed by atoms with E-state index in [9.17, 15) is 19.2 Å². The fraction of sp³-hybridized carbons (Fsp3) is 0.190. The van der Waals surface area contributed by atoms with E-state index in [1.165, 1.54) is 17.8 Å². The van der Waals surface area contributed by atoms with Gasteiger partial charge in [0, 0.05) is 12.2 Å². The highest BCUT2D eigenvalue weighted by molar-refractivity contribution is 6.02. The monoisotopic (exact) mass is 408 g/mol. The van der Waals surface area contributed by atoms with E-state index in [1.54, 1.807) is 54.6 Å². The molecule has 0 fully saturated rings. The van der Waals surface area contributed by atoms with Gasteiger partial charge >= 0.3 is 12.0 Å². The molecule has 1 unspecified atom stereocenters. The lowest BCUT2D eigenvalue weighted by Crippen LogP contribution is -2.41. The SMILES string of the molecule is CC(OC(=O)CCn1cnc2ccccc2c1=O)C(=O)NC(=O)Nc1ccccc1. The Kier molecular flexibility index (Phi) is 6.53. The standard InChI is InChI=1S/C21H20N4O5/c1-14(19(27)24-21(29)23-15-7-3-2-4-8-15)30-18(26)11-12-25-13-22-17-10-6-5-9-16(17)20(25)28/h2-10,13-14H,11-12H2,1H3,(H2,23,24,27,29). The Morgan fingerprint density at radius 1 is 1.07 bits per heavy atom. The number of fused-ring (bicyclic) bond motifs is 1. The summed E-state index contributed by atoms with van der Waals surface area (Å²) in [5.41, 5.74) is 0.819. The van der Waals surface area contributed by atoms with Gasteiger partial charge in [0.1, 0.15) is 0 Å². The molecule has 1 aromatic heterocycles. The second kappa shape index (κ2) is 9.46. The van der Waals surface area contributed by atoms with Gasteiger partial charge in [-0.15, -0.1) is 0 Å². The summed E-state index contributed by atoms with van der Waals surface area (Å²) < 4.78 is 6.35. The number of amides is 3. The van der Waals surface area contributed by atoms with E-state index in [1.807, 2.05) is 0 Å². The quantitative estimate of drug-likeness (QED) is 0.603. The third-order valence-electron chi connectivity index (χ3n) is 4.23. The van der Waals surface area contributed by atoms with E-state index in [4.69, 9.17) is 4.74 Å². The van der Waals surface area contributed by atoms with Crippen molar-refractivity contribution in [2.75, 3.05) is 5.32 Å². The second-order valence-corrected chi connectivity index (χ2v) is 6.45. The zero-order valence-corrected chi connectivity index (χ0v) is 16.2. The van der Waals surface area contributed by atoms with Crippen molar-refractivity contribution in [1.82, 2.24) is 14.9 Å². The van der Waals surface area contributed by atoms with Gasteiger partial charge in [-0.05, 0) is 31.2 Å². The van der Waals surface area contributed by atoms with Crippen molar-refractivity contribution in [2.45, 2.75) is 26.0 Å². The summed E-state index contributed by atoms with van der Waals surface area (Å²) in [7, 11) is 0. The number of para-hydroxylation sites is 2. The molecule has 2 aromatic carbocycles. The fourth-order valence-corrected chi connectivity index (χ4v) is 2.68. The number of urea groups is 1. The maximum atomic E-state index is 12.4. The molecule has 3 aromatic rings. The highest BCUT2D eigenvalue weighted by Crippen LogP contribution is 2.06. The largest absolute Gasteiger partial charge is 0.452 e. The van der Waals surface area contributed by atoms with Crippen LogP contribution in [-0.2, 0) is 20.9 Å². The number of aromatic nitrogens is 2. The summed E-state index contributed by atoms with van der Waals surface area (Å²) in [4.78, 5) is 52.5. The van der Waals surface area contributed by atoms with Gasteiger partial charge in [0.05, 0.1) is 23.7 Å². The van der Waals surface area contributed by atoms with Crippen LogP contribution in [0.25, 0.3) is 10.9 Å². The molecule has 1 heterocycles. The van der Waals surface area contributed by atoms with Gasteiger partial charge in [0.2, 0.25) is 0 Å². The molecule has 2 N–H and O–H groups in total. The highest BCUT2D eigenvalue weighted by Gasteiger charge is 2.20. The molecule has 154 valence electrons. The number of rotatable bonds is 6. The van der Waals surface area contributed by atoms with Gasteiger partial charge in [0.15, 0.2) is 6.10 Å². The first kappa shape index (κ1) is 20.7. The van der Waals surface area contributed by atoms with Crippen molar-refractivity contribution in [3.8, 4) is 0 Å². The van der Waals surface area contributed by atoms with Crippen LogP contribution in [0.4, 0.5) is 10.5 Å². The van der Waals surface area contributed by atoms with Crippen LogP contribution in [0.3, 0.4) is 0 Å². The van der Waals surface area contributed by atoms with Crippen molar-refractivity contribution in [2.24, 2.45) is 0 Å². The van der Waals surface area contributed by atoms with Gasteiger partial charge in [-0.25, -0.2) is 9.78 Å². The predicted molar refractivity (Wildman–Crippen MR) is 110 cm³/mol. The number of imide groups is 1. The van der Waals surface area contributed by atoms with E-state index in [0.29, 0.717) is 16.6 Å². The van der Waals surface area contributed by atoms with Crippen molar-refractivity contribution in [3.63, 3.8) is 0 Å². The molecule has 30 heavy (non-hydrogen) atoms. The Hall–Kier alpha value is -4.01. The Morgan fingerprint density at radius 3 is 2.53 bits per heavy atom. The summed E-state index contributed by atoms with van der Waals surface area (Å²) >= 11 is 0. The number of carbonyl (C=O) groups is 3. The minimum absolute atomic E-state index is 0.0539. The normalized spacial score (nSPS) is 11.5. The fourth-order valence-electron chi connectivity index (χ4n) is 2.68. The van der Waals surface area contributed by atoms with Crippen molar-refractivity contribution >= 4 is 34.5 Å². The van der Waals surface area contributed by atoms with Gasteiger partial charge in [0.25, 0.3) is 11.5 Å². The number of benzene rings is 2. The van der Waals surface area contributed by atoms with Gasteiger partial charge < -0.3 is 10.1 Å². The lowest BCUT2D eigenvalue weighted by molar-refractivity contribution is -0.154. The van der Waals surface area contributed by atoms with Crippen molar-refractivity contribution in [3.05, 3.63) is 71.3 Å². The number of esters is 1. The molecular weight excluding hydrogens is 388 g/mol. The molecule has 3 rings (SSSR count). The number of aryl methyl sites for hydroxylation is 1. The summed E-state index contributed by atoms with van der Waals surface area (Å²) in [6.45, 7) is 1.41. The molecule has 0 bridgehead atoms. The van der Waals surface area contributed by atoms with Crippen LogP contribution in [0.1, 0.15) is 13.3 Å². The Bertz CT molecular complexity index is 1130. The number of hydrogen-bond acceptors (Lipinski definition) is 6. The molecule has 9 heteroatoms. The molecule has 0 spiro atoms. The summed E-state index contributed by atoms with van der Waals surface area (Å²) in [5.74, 6) is -1.44. The number of nitrogens with one attached hydrogen (secondary N) is 2. The number of anilines is 1. The molecule has 1 atom stereocenters. The first-order chi connectivity index (χ1) is 14.4. The third kappa shape index (κ3) is 5.28. The molecule has 0 aliphatic carbocycles. The average molecular weight is 408 g/mol. The Balaban J connectivity index is 1.49. The summed E-state index contributed by atoms with van der Waals surface area (Å²) in [6.07, 6.45) is 0.0564. The molecule has 9 nitrogen and oxygen atoms in total. The van der Waals surface area contributed by atoms with E-state index >= 15 is 0 Å². The van der Waals surface area contributed by atoms with Gasteiger partial charge in [-0.3, -0.25) is 24.3 Å². The summed E-state index contributed by atoms with van der Waals surface area (Å²) in [5, 5.41) is 5.05. The lowest BCUT2D eigenvalue weighted by Gasteiger charge is -2.13. The van der Waals surface area contributed by atoms with Crippen LogP contribution in [0.5, 0.6) is 0 Å². The maximum absolute atomic E-state index is 12.4. The molecule has 0 saturated heterocycles. The molecular formula is C21H20N4O5. The molecule has 0 aliphatic rings. The number of ether oxygens (including phenoxy) is 1. The minimum Gasteiger partial charge on any atom is -0.452 e. The third-order valence-corrected chi connectivity index (χ3v) is 4.23. The van der Waals surface area contributed by atoms with E-state index < -0.39 is 24.0 Å². The smallest absolute Gasteiger partial charge is 0.325 e. The zero-order chi connectivity index (χ0) is 21.5. The van der Waals surface area contributed by atoms with Crippen LogP contribution in [0, 0.1) is 0 Å². The molecule has 0 aliphatic heterocycles. The Morgan fingerprint density at radius 2 is 1.77 bits per heavy atom. The lowest BCUT2D eigenvalue weighted by atomic mass is 10.2. The van der Waals surface area contributed by atoms with Gasteiger partial charge in [-0.2, -0.15) is 0 Å². The summed E-state index contributed by atoms with van der Waals surface area (Å²) in [6, 6.07) is 14.8. The van der Waals surface area contributed by atoms with Crippen LogP contribution in [-0.4, -0.2) is 33.6 Å². The van der Waals surface area contributed by atoms with Crippen LogP contribution in [0.15, 0.2) is 65.7 Å². The second-order valence-electron chi connectivity index (χ2n) is 6.45. The number of carbonyl (C=O) groups excluding carboxylic acids is 3. The first-order valence-corrected chi connectivity index (χ1v) is 9.24. The van der Waals surface area contributed by atoms with E-state index in [2.05, 4.69) is 15.6 Å². The highest BCUT2D eigenvalue weighted by atomic mass is 16.5. The van der Waals surface area contributed by atoms with Gasteiger partial charge in [-0.1, -0.05) is 30.3 Å². The van der Waals surface area contributed by atoms with E-state index in [-0.39, 0.29) is 18.5 Å². The predicted octanol–water partition coefficient (Wildman–Crippen LogP) is 2.07. The maximum Gasteiger partial charge on any atom is 0.325 e. The van der Waals surface area contributed by atoms with Crippen molar-refractivity contribution in [1.29, 1.82) is 0 Å². The Labute approximate surface area is 171 Å².